The second-order valence-corrected chi connectivity index (χ2v) is 9.45. The van der Waals surface area contributed by atoms with Crippen LogP contribution in [0.2, 0.25) is 0 Å². The molecule has 0 heterocycles. The lowest BCUT2D eigenvalue weighted by molar-refractivity contribution is 0.466. The highest BCUT2D eigenvalue weighted by Gasteiger charge is 2.17. The van der Waals surface area contributed by atoms with E-state index in [2.05, 4.69) is 45.0 Å². The molecule has 0 saturated carbocycles. The fourth-order valence-corrected chi connectivity index (χ4v) is 4.61. The molecular formula is C30H46O2. The highest BCUT2D eigenvalue weighted by molar-refractivity contribution is 5.44. The van der Waals surface area contributed by atoms with E-state index < -0.39 is 0 Å². The molecule has 0 aliphatic heterocycles. The number of phenols is 2. The van der Waals surface area contributed by atoms with Crippen molar-refractivity contribution in [3.63, 3.8) is 0 Å². The molecule has 0 bridgehead atoms. The molecule has 0 spiro atoms. The van der Waals surface area contributed by atoms with Crippen LogP contribution < -0.4 is 0 Å². The van der Waals surface area contributed by atoms with E-state index in [-0.39, 0.29) is 0 Å². The Morgan fingerprint density at radius 2 is 1.00 bits per heavy atom. The summed E-state index contributed by atoms with van der Waals surface area (Å²) in [6.07, 6.45) is 16.6. The number of unbranched alkanes of at least 4 members (excludes halogenated alkanes) is 8. The van der Waals surface area contributed by atoms with E-state index in [1.807, 2.05) is 12.1 Å². The van der Waals surface area contributed by atoms with E-state index in [9.17, 15) is 10.2 Å². The SMILES string of the molecule is CCCCCCCCCC(c1ccc(O)c(CCCC)c1)c1ccc(O)c(CCCC)c1. The molecule has 2 aromatic rings. The molecule has 0 atom stereocenters. The van der Waals surface area contributed by atoms with Gasteiger partial charge in [0.15, 0.2) is 0 Å². The highest BCUT2D eigenvalue weighted by atomic mass is 16.3. The summed E-state index contributed by atoms with van der Waals surface area (Å²) in [7, 11) is 0. The quantitative estimate of drug-likeness (QED) is 0.257. The summed E-state index contributed by atoms with van der Waals surface area (Å²) >= 11 is 0. The van der Waals surface area contributed by atoms with Crippen LogP contribution in [0.3, 0.4) is 0 Å². The van der Waals surface area contributed by atoms with Gasteiger partial charge in [0, 0.05) is 5.92 Å². The minimum atomic E-state index is 0.313. The summed E-state index contributed by atoms with van der Waals surface area (Å²) in [6, 6.07) is 12.4. The van der Waals surface area contributed by atoms with Crippen molar-refractivity contribution in [2.24, 2.45) is 0 Å². The molecule has 0 unspecified atom stereocenters. The third-order valence-corrected chi connectivity index (χ3v) is 6.71. The Labute approximate surface area is 197 Å². The van der Waals surface area contributed by atoms with Crippen molar-refractivity contribution >= 4 is 0 Å². The zero-order valence-corrected chi connectivity index (χ0v) is 20.8. The first kappa shape index (κ1) is 26.3. The summed E-state index contributed by atoms with van der Waals surface area (Å²) < 4.78 is 0. The van der Waals surface area contributed by atoms with Crippen molar-refractivity contribution in [3.8, 4) is 11.5 Å². The summed E-state index contributed by atoms with van der Waals surface area (Å²) in [6.45, 7) is 6.65. The van der Waals surface area contributed by atoms with Gasteiger partial charge < -0.3 is 10.2 Å². The van der Waals surface area contributed by atoms with Crippen LogP contribution in [0.25, 0.3) is 0 Å². The molecule has 2 heteroatoms. The Morgan fingerprint density at radius 1 is 0.562 bits per heavy atom. The Kier molecular flexibility index (Phi) is 12.3. The third kappa shape index (κ3) is 8.52. The van der Waals surface area contributed by atoms with Gasteiger partial charge in [-0.1, -0.05) is 103 Å². The number of rotatable bonds is 16. The topological polar surface area (TPSA) is 40.5 Å². The van der Waals surface area contributed by atoms with Crippen molar-refractivity contribution in [1.29, 1.82) is 0 Å². The molecule has 32 heavy (non-hydrogen) atoms. The van der Waals surface area contributed by atoms with Gasteiger partial charge >= 0.3 is 0 Å². The molecule has 0 radical (unpaired) electrons. The molecule has 0 aliphatic carbocycles. The van der Waals surface area contributed by atoms with Crippen LogP contribution in [0, 0.1) is 0 Å². The second-order valence-electron chi connectivity index (χ2n) is 9.45. The van der Waals surface area contributed by atoms with Gasteiger partial charge in [0.25, 0.3) is 0 Å². The average Bonchev–Trinajstić information content (AvgIpc) is 2.80. The van der Waals surface area contributed by atoms with Crippen LogP contribution in [0.5, 0.6) is 11.5 Å². The number of hydrogen-bond acceptors (Lipinski definition) is 2. The van der Waals surface area contributed by atoms with Crippen molar-refractivity contribution in [2.45, 2.75) is 117 Å². The molecule has 2 rings (SSSR count). The minimum Gasteiger partial charge on any atom is -0.508 e. The van der Waals surface area contributed by atoms with Crippen molar-refractivity contribution < 1.29 is 10.2 Å². The zero-order chi connectivity index (χ0) is 23.2. The summed E-state index contributed by atoms with van der Waals surface area (Å²) in [5.74, 6) is 1.16. The minimum absolute atomic E-state index is 0.313. The first-order valence-electron chi connectivity index (χ1n) is 13.2. The van der Waals surface area contributed by atoms with Crippen LogP contribution in [-0.2, 0) is 12.8 Å². The maximum atomic E-state index is 10.4. The monoisotopic (exact) mass is 438 g/mol. The normalized spacial score (nSPS) is 11.4. The van der Waals surface area contributed by atoms with E-state index in [0.29, 0.717) is 17.4 Å². The smallest absolute Gasteiger partial charge is 0.118 e. The number of benzene rings is 2. The van der Waals surface area contributed by atoms with E-state index >= 15 is 0 Å². The standard InChI is InChI=1S/C30H46O2/c1-4-7-10-11-12-13-14-17-28(24-18-20-29(31)26(22-24)15-8-5-2)25-19-21-30(32)27(23-25)16-9-6-3/h18-23,28,31-32H,4-17H2,1-3H3. The summed E-state index contributed by atoms with van der Waals surface area (Å²) in [5, 5.41) is 20.8. The highest BCUT2D eigenvalue weighted by Crippen LogP contribution is 2.35. The predicted molar refractivity (Wildman–Crippen MR) is 138 cm³/mol. The van der Waals surface area contributed by atoms with Crippen LogP contribution in [0.1, 0.15) is 126 Å². The number of aryl methyl sites for hydroxylation is 2. The Balaban J connectivity index is 2.22. The lowest BCUT2D eigenvalue weighted by atomic mass is 9.84. The van der Waals surface area contributed by atoms with Gasteiger partial charge in [-0.05, 0) is 66.5 Å². The maximum absolute atomic E-state index is 10.4. The predicted octanol–water partition coefficient (Wildman–Crippen LogP) is 9.06. The fraction of sp³-hybridized carbons (Fsp3) is 0.600. The van der Waals surface area contributed by atoms with Crippen molar-refractivity contribution in [2.75, 3.05) is 0 Å². The van der Waals surface area contributed by atoms with Crippen LogP contribution in [0.15, 0.2) is 36.4 Å². The molecule has 2 nitrogen and oxygen atoms in total. The average molecular weight is 439 g/mol. The van der Waals surface area contributed by atoms with Crippen LogP contribution in [-0.4, -0.2) is 10.2 Å². The molecule has 178 valence electrons. The van der Waals surface area contributed by atoms with Gasteiger partial charge in [0.05, 0.1) is 0 Å². The largest absolute Gasteiger partial charge is 0.508 e. The zero-order valence-electron chi connectivity index (χ0n) is 20.8. The first-order valence-corrected chi connectivity index (χ1v) is 13.2. The van der Waals surface area contributed by atoms with E-state index in [1.54, 1.807) is 0 Å². The molecular weight excluding hydrogens is 392 g/mol. The second kappa shape index (κ2) is 15.0. The third-order valence-electron chi connectivity index (χ3n) is 6.71. The van der Waals surface area contributed by atoms with E-state index in [1.165, 1.54) is 56.1 Å². The maximum Gasteiger partial charge on any atom is 0.118 e. The summed E-state index contributed by atoms with van der Waals surface area (Å²) in [4.78, 5) is 0. The lowest BCUT2D eigenvalue weighted by Crippen LogP contribution is -2.04. The molecule has 0 aliphatic rings. The Hall–Kier alpha value is -1.96. The summed E-state index contributed by atoms with van der Waals surface area (Å²) in [5.41, 5.74) is 4.73. The molecule has 0 aromatic heterocycles. The van der Waals surface area contributed by atoms with Gasteiger partial charge in [0.2, 0.25) is 0 Å². The molecule has 0 amide bonds. The van der Waals surface area contributed by atoms with Crippen LogP contribution in [0.4, 0.5) is 0 Å². The van der Waals surface area contributed by atoms with Gasteiger partial charge in [-0.15, -0.1) is 0 Å². The molecule has 0 fully saturated rings. The van der Waals surface area contributed by atoms with Crippen molar-refractivity contribution in [1.82, 2.24) is 0 Å². The van der Waals surface area contributed by atoms with Gasteiger partial charge in [-0.2, -0.15) is 0 Å². The lowest BCUT2D eigenvalue weighted by Gasteiger charge is -2.21. The molecule has 0 saturated heterocycles. The van der Waals surface area contributed by atoms with E-state index in [4.69, 9.17) is 0 Å². The fourth-order valence-electron chi connectivity index (χ4n) is 4.61. The van der Waals surface area contributed by atoms with Crippen LogP contribution >= 0.6 is 0 Å². The number of aromatic hydroxyl groups is 2. The Bertz CT molecular complexity index is 723. The Morgan fingerprint density at radius 3 is 1.47 bits per heavy atom. The van der Waals surface area contributed by atoms with E-state index in [0.717, 1.165) is 56.1 Å². The number of phenolic OH excluding ortho intramolecular Hbond substituents is 2. The first-order chi connectivity index (χ1) is 15.6. The molecule has 2 N–H and O–H groups in total. The van der Waals surface area contributed by atoms with Gasteiger partial charge in [-0.25, -0.2) is 0 Å². The van der Waals surface area contributed by atoms with Crippen molar-refractivity contribution in [3.05, 3.63) is 58.7 Å². The van der Waals surface area contributed by atoms with Gasteiger partial charge in [-0.3, -0.25) is 0 Å². The number of hydrogen-bond donors (Lipinski definition) is 2. The molecule has 2 aromatic carbocycles. The van der Waals surface area contributed by atoms with Gasteiger partial charge in [0.1, 0.15) is 11.5 Å².